The molecule has 2 heterocycles. The minimum atomic E-state index is -0.468. The number of amides is 2. The Hall–Kier alpha value is -3.52. The van der Waals surface area contributed by atoms with Gasteiger partial charge in [0.25, 0.3) is 5.69 Å². The third-order valence-corrected chi connectivity index (χ3v) is 6.82. The summed E-state index contributed by atoms with van der Waals surface area (Å²) in [4.78, 5) is 39.1. The molecule has 4 rings (SSSR count). The lowest BCUT2D eigenvalue weighted by atomic mass is 9.88. The molecule has 0 aliphatic carbocycles. The van der Waals surface area contributed by atoms with Crippen molar-refractivity contribution in [2.45, 2.75) is 44.9 Å². The van der Waals surface area contributed by atoms with Gasteiger partial charge >= 0.3 is 0 Å². The second-order valence-corrected chi connectivity index (χ2v) is 9.48. The monoisotopic (exact) mass is 477 g/mol. The van der Waals surface area contributed by atoms with Gasteiger partial charge in [0.15, 0.2) is 0 Å². The lowest BCUT2D eigenvalue weighted by Crippen LogP contribution is -2.55. The number of benzene rings is 2. The average molecular weight is 478 g/mol. The quantitative estimate of drug-likeness (QED) is 0.367. The highest BCUT2D eigenvalue weighted by molar-refractivity contribution is 5.93. The zero-order chi connectivity index (χ0) is 24.9. The Balaban J connectivity index is 1.50. The summed E-state index contributed by atoms with van der Waals surface area (Å²) in [5.74, 6) is -0.572. The van der Waals surface area contributed by atoms with Gasteiger partial charge in [0, 0.05) is 25.3 Å². The van der Waals surface area contributed by atoms with E-state index in [1.165, 1.54) is 18.2 Å². The minimum Gasteiger partial charge on any atom is -0.376 e. The van der Waals surface area contributed by atoms with E-state index in [4.69, 9.17) is 4.74 Å². The number of hydrogen-bond donors (Lipinski definition) is 1. The molecule has 8 heteroatoms. The van der Waals surface area contributed by atoms with Crippen LogP contribution in [0.2, 0.25) is 0 Å². The molecule has 2 aliphatic heterocycles. The molecular formula is C27H31N3O5. The molecule has 2 aliphatic rings. The van der Waals surface area contributed by atoms with Gasteiger partial charge in [0.2, 0.25) is 11.8 Å². The summed E-state index contributed by atoms with van der Waals surface area (Å²) >= 11 is 0. The molecule has 2 aromatic carbocycles. The predicted octanol–water partition coefficient (Wildman–Crippen LogP) is 4.13. The van der Waals surface area contributed by atoms with Crippen LogP contribution in [0.4, 0.5) is 5.69 Å². The van der Waals surface area contributed by atoms with E-state index in [9.17, 15) is 19.7 Å². The number of rotatable bonds is 7. The molecule has 8 nitrogen and oxygen atoms in total. The molecule has 184 valence electrons. The van der Waals surface area contributed by atoms with Crippen molar-refractivity contribution in [2.24, 2.45) is 11.8 Å². The molecule has 4 unspecified atom stereocenters. The fraction of sp³-hybridized carbons (Fsp3) is 0.407. The van der Waals surface area contributed by atoms with Crippen LogP contribution >= 0.6 is 0 Å². The van der Waals surface area contributed by atoms with E-state index in [2.05, 4.69) is 19.2 Å². The Morgan fingerprint density at radius 2 is 1.86 bits per heavy atom. The van der Waals surface area contributed by atoms with E-state index in [1.54, 1.807) is 23.1 Å². The van der Waals surface area contributed by atoms with Crippen molar-refractivity contribution in [1.82, 2.24) is 10.2 Å². The van der Waals surface area contributed by atoms with Gasteiger partial charge in [-0.3, -0.25) is 19.7 Å². The molecule has 0 saturated carbocycles. The molecule has 0 aromatic heterocycles. The van der Waals surface area contributed by atoms with E-state index in [-0.39, 0.29) is 48.2 Å². The molecule has 0 spiro atoms. The summed E-state index contributed by atoms with van der Waals surface area (Å²) in [7, 11) is 0. The fourth-order valence-corrected chi connectivity index (χ4v) is 5.01. The fourth-order valence-electron chi connectivity index (χ4n) is 5.01. The minimum absolute atomic E-state index is 0.0600. The zero-order valence-electron chi connectivity index (χ0n) is 20.0. The van der Waals surface area contributed by atoms with Gasteiger partial charge in [0.05, 0.1) is 34.6 Å². The van der Waals surface area contributed by atoms with E-state index in [0.29, 0.717) is 25.0 Å². The molecule has 35 heavy (non-hydrogen) atoms. The van der Waals surface area contributed by atoms with Crippen LogP contribution < -0.4 is 5.32 Å². The molecule has 2 amide bonds. The van der Waals surface area contributed by atoms with Crippen molar-refractivity contribution in [3.8, 4) is 0 Å². The van der Waals surface area contributed by atoms with Crippen LogP contribution in [-0.2, 0) is 14.3 Å². The molecule has 2 saturated heterocycles. The number of likely N-dealkylation sites (tertiary alicyclic amines) is 1. The van der Waals surface area contributed by atoms with Gasteiger partial charge in [-0.1, -0.05) is 56.3 Å². The number of ether oxygens (including phenoxy) is 1. The van der Waals surface area contributed by atoms with Gasteiger partial charge < -0.3 is 15.0 Å². The highest BCUT2D eigenvalue weighted by atomic mass is 16.6. The van der Waals surface area contributed by atoms with Crippen LogP contribution in [0.25, 0.3) is 6.08 Å². The Labute approximate surface area is 205 Å². The van der Waals surface area contributed by atoms with Crippen molar-refractivity contribution in [2.75, 3.05) is 13.2 Å². The van der Waals surface area contributed by atoms with Crippen LogP contribution in [0.15, 0.2) is 60.7 Å². The largest absolute Gasteiger partial charge is 0.376 e. The standard InChI is InChI=1S/C27H31N3O5/c1-18(2)26(20-9-4-3-5-10-20)28-27(32)21-16-24-23(14-15-35-24)29(17-21)25(31)13-12-19-8-6-7-11-22(19)30(33)34/h3-13,18,21,23-24,26H,14-17H2,1-2H3,(H,28,32)/b13-12+. The highest BCUT2D eigenvalue weighted by Gasteiger charge is 2.44. The van der Waals surface area contributed by atoms with E-state index in [0.717, 1.165) is 5.56 Å². The number of nitro groups is 1. The van der Waals surface area contributed by atoms with E-state index < -0.39 is 10.8 Å². The van der Waals surface area contributed by atoms with Crippen molar-refractivity contribution in [3.63, 3.8) is 0 Å². The van der Waals surface area contributed by atoms with Crippen LogP contribution in [0.1, 0.15) is 43.9 Å². The smallest absolute Gasteiger partial charge is 0.276 e. The third kappa shape index (κ3) is 5.59. The average Bonchev–Trinajstić information content (AvgIpc) is 3.34. The molecular weight excluding hydrogens is 446 g/mol. The number of nitrogens with one attached hydrogen (secondary N) is 1. The van der Waals surface area contributed by atoms with E-state index in [1.807, 2.05) is 30.3 Å². The second kappa shape index (κ2) is 10.8. The molecule has 4 atom stereocenters. The molecule has 1 N–H and O–H groups in total. The molecule has 0 bridgehead atoms. The molecule has 2 aromatic rings. The topological polar surface area (TPSA) is 102 Å². The lowest BCUT2D eigenvalue weighted by molar-refractivity contribution is -0.385. The molecule has 0 radical (unpaired) electrons. The van der Waals surface area contributed by atoms with Crippen molar-refractivity contribution in [3.05, 3.63) is 81.9 Å². The van der Waals surface area contributed by atoms with Gasteiger partial charge in [-0.25, -0.2) is 0 Å². The van der Waals surface area contributed by atoms with Crippen molar-refractivity contribution < 1.29 is 19.2 Å². The van der Waals surface area contributed by atoms with Crippen molar-refractivity contribution in [1.29, 1.82) is 0 Å². The van der Waals surface area contributed by atoms with Crippen LogP contribution in [-0.4, -0.2) is 46.9 Å². The summed E-state index contributed by atoms with van der Waals surface area (Å²) in [6, 6.07) is 15.9. The number of piperidine rings is 1. The lowest BCUT2D eigenvalue weighted by Gasteiger charge is -2.40. The second-order valence-electron chi connectivity index (χ2n) is 9.48. The van der Waals surface area contributed by atoms with Crippen LogP contribution in [0.3, 0.4) is 0 Å². The molecule has 2 fully saturated rings. The van der Waals surface area contributed by atoms with Crippen LogP contribution in [0, 0.1) is 22.0 Å². The number of carbonyl (C=O) groups excluding carboxylic acids is 2. The zero-order valence-corrected chi connectivity index (χ0v) is 20.0. The predicted molar refractivity (Wildman–Crippen MR) is 132 cm³/mol. The van der Waals surface area contributed by atoms with Gasteiger partial charge in [-0.05, 0) is 36.5 Å². The number of para-hydroxylation sites is 1. The Kier molecular flexibility index (Phi) is 7.60. The maximum atomic E-state index is 13.3. The Morgan fingerprint density at radius 1 is 1.14 bits per heavy atom. The van der Waals surface area contributed by atoms with Gasteiger partial charge in [-0.15, -0.1) is 0 Å². The highest BCUT2D eigenvalue weighted by Crippen LogP contribution is 2.33. The summed E-state index contributed by atoms with van der Waals surface area (Å²) in [5, 5.41) is 14.5. The van der Waals surface area contributed by atoms with E-state index >= 15 is 0 Å². The van der Waals surface area contributed by atoms with Crippen molar-refractivity contribution >= 4 is 23.6 Å². The summed E-state index contributed by atoms with van der Waals surface area (Å²) in [6.07, 6.45) is 3.91. The number of nitro benzene ring substituents is 1. The Morgan fingerprint density at radius 3 is 2.57 bits per heavy atom. The normalized spacial score (nSPS) is 22.7. The first-order chi connectivity index (χ1) is 16.8. The number of hydrogen-bond acceptors (Lipinski definition) is 5. The van der Waals surface area contributed by atoms with Gasteiger partial charge in [-0.2, -0.15) is 0 Å². The first kappa shape index (κ1) is 24.6. The Bertz CT molecular complexity index is 1100. The van der Waals surface area contributed by atoms with Gasteiger partial charge in [0.1, 0.15) is 0 Å². The number of fused-ring (bicyclic) bond motifs is 1. The maximum Gasteiger partial charge on any atom is 0.276 e. The summed E-state index contributed by atoms with van der Waals surface area (Å²) in [6.45, 7) is 4.96. The summed E-state index contributed by atoms with van der Waals surface area (Å²) < 4.78 is 5.88. The van der Waals surface area contributed by atoms with Crippen LogP contribution in [0.5, 0.6) is 0 Å². The maximum absolute atomic E-state index is 13.3. The number of nitrogens with zero attached hydrogens (tertiary/aromatic N) is 2. The third-order valence-electron chi connectivity index (χ3n) is 6.82. The SMILES string of the molecule is CC(C)C(NC(=O)C1CC2OCCC2N(C(=O)/C=C/c2ccccc2[N+](=O)[O-])C1)c1ccccc1. The first-order valence-corrected chi connectivity index (χ1v) is 12.0. The first-order valence-electron chi connectivity index (χ1n) is 12.0. The number of carbonyl (C=O) groups is 2. The summed E-state index contributed by atoms with van der Waals surface area (Å²) in [5.41, 5.74) is 1.34.